The fourth-order valence-electron chi connectivity index (χ4n) is 3.28. The molecule has 0 aliphatic heterocycles. The van der Waals surface area contributed by atoms with Gasteiger partial charge in [0.05, 0.1) is 16.1 Å². The maximum absolute atomic E-state index is 13.2. The molecule has 3 rings (SSSR count). The van der Waals surface area contributed by atoms with E-state index < -0.39 is 0 Å². The molecule has 1 fully saturated rings. The van der Waals surface area contributed by atoms with E-state index in [0.29, 0.717) is 5.69 Å². The topological polar surface area (TPSA) is 34.9 Å². The van der Waals surface area contributed by atoms with Gasteiger partial charge in [0.15, 0.2) is 5.78 Å². The summed E-state index contributed by atoms with van der Waals surface area (Å²) in [6.07, 6.45) is 5.76. The molecule has 20 heavy (non-hydrogen) atoms. The molecule has 1 aliphatic rings. The molecule has 0 bridgehead atoms. The average molecular weight is 333 g/mol. The molecule has 1 aromatic carbocycles. The van der Waals surface area contributed by atoms with E-state index in [4.69, 9.17) is 0 Å². The molecular formula is C16H17BrN2O. The summed E-state index contributed by atoms with van der Waals surface area (Å²) in [6, 6.07) is 10.2. The van der Waals surface area contributed by atoms with Gasteiger partial charge in [0.2, 0.25) is 0 Å². The SMILES string of the molecule is Cn1ncc(Br)c1C(=O)C1(c2ccccc2)CCCC1. The largest absolute Gasteiger partial charge is 0.291 e. The Kier molecular flexibility index (Phi) is 3.50. The van der Waals surface area contributed by atoms with Gasteiger partial charge in [-0.1, -0.05) is 43.2 Å². The number of hydrogen-bond acceptors (Lipinski definition) is 2. The maximum atomic E-state index is 13.2. The van der Waals surface area contributed by atoms with Crippen LogP contribution in [0.15, 0.2) is 41.0 Å². The zero-order valence-corrected chi connectivity index (χ0v) is 13.1. The summed E-state index contributed by atoms with van der Waals surface area (Å²) in [5, 5.41) is 4.18. The summed E-state index contributed by atoms with van der Waals surface area (Å²) in [6.45, 7) is 0. The minimum Gasteiger partial charge on any atom is -0.291 e. The minimum absolute atomic E-state index is 0.188. The third-order valence-corrected chi connectivity index (χ3v) is 4.91. The molecule has 4 heteroatoms. The highest BCUT2D eigenvalue weighted by atomic mass is 79.9. The first-order chi connectivity index (χ1) is 9.65. The fourth-order valence-corrected chi connectivity index (χ4v) is 3.80. The van der Waals surface area contributed by atoms with Crippen molar-refractivity contribution >= 4 is 21.7 Å². The van der Waals surface area contributed by atoms with E-state index in [1.807, 2.05) is 25.2 Å². The number of halogens is 1. The van der Waals surface area contributed by atoms with Crippen molar-refractivity contribution < 1.29 is 4.79 Å². The van der Waals surface area contributed by atoms with Gasteiger partial charge >= 0.3 is 0 Å². The normalized spacial score (nSPS) is 17.3. The second kappa shape index (κ2) is 5.17. The van der Waals surface area contributed by atoms with Crippen LogP contribution >= 0.6 is 15.9 Å². The van der Waals surface area contributed by atoms with Crippen LogP contribution in [-0.2, 0) is 12.5 Å². The highest BCUT2D eigenvalue weighted by molar-refractivity contribution is 9.10. The van der Waals surface area contributed by atoms with Crippen molar-refractivity contribution in [3.05, 3.63) is 52.3 Å². The Balaban J connectivity index is 2.11. The molecule has 2 aromatic rings. The molecule has 1 aromatic heterocycles. The van der Waals surface area contributed by atoms with Crippen LogP contribution in [0.5, 0.6) is 0 Å². The Hall–Kier alpha value is -1.42. The van der Waals surface area contributed by atoms with E-state index in [2.05, 4.69) is 33.2 Å². The fraction of sp³-hybridized carbons (Fsp3) is 0.375. The first-order valence-corrected chi connectivity index (χ1v) is 7.72. The highest BCUT2D eigenvalue weighted by Gasteiger charge is 2.44. The Labute approximate surface area is 127 Å². The standard InChI is InChI=1S/C16H17BrN2O/c1-19-14(13(17)11-18-19)15(20)16(9-5-6-10-16)12-7-3-2-4-8-12/h2-4,7-8,11H,5-6,9-10H2,1H3. The van der Waals surface area contributed by atoms with Crippen molar-refractivity contribution in [2.24, 2.45) is 7.05 Å². The molecule has 0 spiro atoms. The highest BCUT2D eigenvalue weighted by Crippen LogP contribution is 2.44. The molecule has 3 nitrogen and oxygen atoms in total. The number of benzene rings is 1. The van der Waals surface area contributed by atoms with Gasteiger partial charge in [0.25, 0.3) is 0 Å². The van der Waals surface area contributed by atoms with Gasteiger partial charge in [0.1, 0.15) is 5.69 Å². The first kappa shape index (κ1) is 13.6. The molecule has 0 radical (unpaired) electrons. The van der Waals surface area contributed by atoms with Crippen LogP contribution in [0, 0.1) is 0 Å². The predicted octanol–water partition coefficient (Wildman–Crippen LogP) is 3.88. The van der Waals surface area contributed by atoms with Gasteiger partial charge in [-0.15, -0.1) is 0 Å². The number of Topliss-reactive ketones (excluding diaryl/α,β-unsaturated/α-hetero) is 1. The van der Waals surface area contributed by atoms with Gasteiger partial charge in [-0.05, 0) is 34.3 Å². The molecule has 104 valence electrons. The molecule has 0 atom stereocenters. The van der Waals surface area contributed by atoms with Crippen LogP contribution in [0.1, 0.15) is 41.7 Å². The van der Waals surface area contributed by atoms with Crippen molar-refractivity contribution in [3.8, 4) is 0 Å². The third kappa shape index (κ3) is 2.03. The monoisotopic (exact) mass is 332 g/mol. The summed E-state index contributed by atoms with van der Waals surface area (Å²) < 4.78 is 2.46. The van der Waals surface area contributed by atoms with Crippen molar-refractivity contribution in [1.29, 1.82) is 0 Å². The number of carbonyl (C=O) groups excluding carboxylic acids is 1. The van der Waals surface area contributed by atoms with Gasteiger partial charge in [-0.3, -0.25) is 9.48 Å². The molecule has 0 unspecified atom stereocenters. The lowest BCUT2D eigenvalue weighted by Crippen LogP contribution is -2.34. The molecule has 0 saturated heterocycles. The number of rotatable bonds is 3. The van der Waals surface area contributed by atoms with Crippen LogP contribution in [-0.4, -0.2) is 15.6 Å². The lowest BCUT2D eigenvalue weighted by Gasteiger charge is -2.28. The number of hydrogen-bond donors (Lipinski definition) is 0. The van der Waals surface area contributed by atoms with Crippen molar-refractivity contribution in [2.45, 2.75) is 31.1 Å². The van der Waals surface area contributed by atoms with E-state index >= 15 is 0 Å². The Bertz CT molecular complexity index is 608. The molecule has 0 N–H and O–H groups in total. The molecule has 1 saturated carbocycles. The maximum Gasteiger partial charge on any atom is 0.192 e. The zero-order valence-electron chi connectivity index (χ0n) is 11.5. The average Bonchev–Trinajstić information content (AvgIpc) is 3.08. The van der Waals surface area contributed by atoms with Gasteiger partial charge in [-0.2, -0.15) is 5.10 Å². The number of aryl methyl sites for hydroxylation is 1. The smallest absolute Gasteiger partial charge is 0.192 e. The lowest BCUT2D eigenvalue weighted by atomic mass is 9.74. The summed E-state index contributed by atoms with van der Waals surface area (Å²) in [5.41, 5.74) is 1.43. The molecule has 1 heterocycles. The Morgan fingerprint density at radius 2 is 1.90 bits per heavy atom. The second-order valence-electron chi connectivity index (χ2n) is 5.45. The Morgan fingerprint density at radius 1 is 1.25 bits per heavy atom. The zero-order chi connectivity index (χ0) is 14.2. The number of carbonyl (C=O) groups is 1. The molecular weight excluding hydrogens is 316 g/mol. The van der Waals surface area contributed by atoms with E-state index in [9.17, 15) is 4.79 Å². The minimum atomic E-state index is -0.377. The first-order valence-electron chi connectivity index (χ1n) is 6.93. The number of aromatic nitrogens is 2. The quantitative estimate of drug-likeness (QED) is 0.799. The van der Waals surface area contributed by atoms with Crippen LogP contribution in [0.25, 0.3) is 0 Å². The van der Waals surface area contributed by atoms with Crippen LogP contribution in [0.3, 0.4) is 0 Å². The Morgan fingerprint density at radius 3 is 2.45 bits per heavy atom. The van der Waals surface area contributed by atoms with Gasteiger partial charge < -0.3 is 0 Å². The summed E-state index contributed by atoms with van der Waals surface area (Å²) in [5.74, 6) is 0.188. The van der Waals surface area contributed by atoms with E-state index in [1.54, 1.807) is 10.9 Å². The van der Waals surface area contributed by atoms with E-state index in [1.165, 1.54) is 0 Å². The van der Waals surface area contributed by atoms with Gasteiger partial charge in [-0.25, -0.2) is 0 Å². The predicted molar refractivity (Wildman–Crippen MR) is 81.8 cm³/mol. The van der Waals surface area contributed by atoms with E-state index in [-0.39, 0.29) is 11.2 Å². The van der Waals surface area contributed by atoms with Crippen molar-refractivity contribution in [1.82, 2.24) is 9.78 Å². The lowest BCUT2D eigenvalue weighted by molar-refractivity contribution is 0.0875. The number of nitrogens with zero attached hydrogens (tertiary/aromatic N) is 2. The van der Waals surface area contributed by atoms with Crippen molar-refractivity contribution in [2.75, 3.05) is 0 Å². The summed E-state index contributed by atoms with van der Waals surface area (Å²) >= 11 is 3.46. The summed E-state index contributed by atoms with van der Waals surface area (Å²) in [4.78, 5) is 13.2. The summed E-state index contributed by atoms with van der Waals surface area (Å²) in [7, 11) is 1.83. The molecule has 1 aliphatic carbocycles. The third-order valence-electron chi connectivity index (χ3n) is 4.33. The van der Waals surface area contributed by atoms with Crippen LogP contribution < -0.4 is 0 Å². The van der Waals surface area contributed by atoms with Crippen LogP contribution in [0.4, 0.5) is 0 Å². The van der Waals surface area contributed by atoms with Crippen molar-refractivity contribution in [3.63, 3.8) is 0 Å². The second-order valence-corrected chi connectivity index (χ2v) is 6.30. The number of ketones is 1. The van der Waals surface area contributed by atoms with E-state index in [0.717, 1.165) is 35.7 Å². The van der Waals surface area contributed by atoms with Gasteiger partial charge in [0, 0.05) is 7.05 Å². The molecule has 0 amide bonds. The van der Waals surface area contributed by atoms with Crippen LogP contribution in [0.2, 0.25) is 0 Å².